The van der Waals surface area contributed by atoms with Crippen molar-refractivity contribution in [3.63, 3.8) is 0 Å². The first kappa shape index (κ1) is 15.7. The highest BCUT2D eigenvalue weighted by Gasteiger charge is 2.17. The van der Waals surface area contributed by atoms with E-state index in [4.69, 9.17) is 5.73 Å². The van der Waals surface area contributed by atoms with E-state index in [1.807, 2.05) is 44.2 Å². The van der Waals surface area contributed by atoms with Crippen LogP contribution in [0.25, 0.3) is 5.69 Å². The van der Waals surface area contributed by atoms with Crippen LogP contribution in [-0.2, 0) is 17.8 Å². The fourth-order valence-electron chi connectivity index (χ4n) is 2.41. The molecule has 0 aliphatic heterocycles. The Bertz CT molecular complexity index is 852. The zero-order valence-electron chi connectivity index (χ0n) is 13.5. The van der Waals surface area contributed by atoms with Crippen molar-refractivity contribution in [1.29, 1.82) is 0 Å². The molecule has 0 bridgehead atoms. The number of tetrazole rings is 1. The molecule has 9 heteroatoms. The summed E-state index contributed by atoms with van der Waals surface area (Å²) in [6.07, 6.45) is 0.772. The molecule has 0 spiro atoms. The van der Waals surface area contributed by atoms with Gasteiger partial charge < -0.3 is 11.1 Å². The maximum Gasteiger partial charge on any atom is 0.247 e. The van der Waals surface area contributed by atoms with Gasteiger partial charge >= 0.3 is 0 Å². The first-order valence-electron chi connectivity index (χ1n) is 7.55. The van der Waals surface area contributed by atoms with Gasteiger partial charge in [-0.25, -0.2) is 9.36 Å². The number of benzene rings is 1. The molecule has 0 unspecified atom stereocenters. The smallest absolute Gasteiger partial charge is 0.247 e. The first-order valence-corrected chi connectivity index (χ1v) is 7.55. The van der Waals surface area contributed by atoms with Gasteiger partial charge in [-0.1, -0.05) is 30.2 Å². The second-order valence-corrected chi connectivity index (χ2v) is 5.26. The average Bonchev–Trinajstić information content (AvgIpc) is 3.13. The van der Waals surface area contributed by atoms with Gasteiger partial charge in [0.15, 0.2) is 0 Å². The number of hydrogen-bond donors (Lipinski definition) is 2. The lowest BCUT2D eigenvalue weighted by atomic mass is 10.2. The van der Waals surface area contributed by atoms with E-state index in [0.717, 1.165) is 23.4 Å². The van der Waals surface area contributed by atoms with Gasteiger partial charge in [-0.15, -0.1) is 0 Å². The molecule has 0 atom stereocenters. The highest BCUT2D eigenvalue weighted by Crippen LogP contribution is 2.23. The maximum absolute atomic E-state index is 12.3. The topological polar surface area (TPSA) is 117 Å². The van der Waals surface area contributed by atoms with Crippen molar-refractivity contribution in [2.75, 3.05) is 11.1 Å². The molecule has 1 aromatic carbocycles. The molecule has 0 saturated heterocycles. The molecule has 0 saturated carbocycles. The van der Waals surface area contributed by atoms with Crippen LogP contribution in [0.2, 0.25) is 0 Å². The fraction of sp³-hybridized carbons (Fsp3) is 0.267. The van der Waals surface area contributed by atoms with E-state index in [1.54, 1.807) is 4.68 Å². The van der Waals surface area contributed by atoms with Gasteiger partial charge in [0.25, 0.3) is 0 Å². The zero-order chi connectivity index (χ0) is 17.1. The summed E-state index contributed by atoms with van der Waals surface area (Å²) < 4.78 is 2.96. The number of carbonyl (C=O) groups is 1. The molecule has 3 rings (SSSR count). The molecule has 124 valence electrons. The van der Waals surface area contributed by atoms with Gasteiger partial charge in [0.1, 0.15) is 12.4 Å². The van der Waals surface area contributed by atoms with Gasteiger partial charge in [0.05, 0.1) is 11.4 Å². The van der Waals surface area contributed by atoms with E-state index in [1.165, 1.54) is 4.68 Å². The van der Waals surface area contributed by atoms with Gasteiger partial charge in [-0.05, 0) is 35.9 Å². The standard InChI is InChI=1S/C15H18N8O/c1-3-12-10(2)14(23(19-12)11-7-5-4-6-8-11)17-13(24)9-22-15(16)18-20-21-22/h4-8H,3,9H2,1-2H3,(H,17,24)(H2,16,18,21). The molecule has 9 nitrogen and oxygen atoms in total. The Kier molecular flexibility index (Phi) is 4.23. The number of nitrogens with two attached hydrogens (primary N) is 1. The van der Waals surface area contributed by atoms with Crippen molar-refractivity contribution < 1.29 is 4.79 Å². The fourth-order valence-corrected chi connectivity index (χ4v) is 2.41. The third-order valence-corrected chi connectivity index (χ3v) is 3.67. The van der Waals surface area contributed by atoms with Crippen molar-refractivity contribution in [2.24, 2.45) is 0 Å². The van der Waals surface area contributed by atoms with Crippen LogP contribution >= 0.6 is 0 Å². The number of aromatic nitrogens is 6. The molecule has 1 amide bonds. The maximum atomic E-state index is 12.3. The molecular formula is C15H18N8O. The number of aryl methyl sites for hydroxylation is 1. The van der Waals surface area contributed by atoms with E-state index in [0.29, 0.717) is 5.82 Å². The normalized spacial score (nSPS) is 10.8. The molecule has 0 aliphatic carbocycles. The summed E-state index contributed by atoms with van der Waals surface area (Å²) in [6.45, 7) is 3.89. The van der Waals surface area contributed by atoms with Crippen molar-refractivity contribution in [3.8, 4) is 5.69 Å². The van der Waals surface area contributed by atoms with Crippen molar-refractivity contribution in [1.82, 2.24) is 30.0 Å². The Hall–Kier alpha value is -3.23. The van der Waals surface area contributed by atoms with Crippen LogP contribution in [0.4, 0.5) is 11.8 Å². The van der Waals surface area contributed by atoms with Crippen LogP contribution in [0, 0.1) is 6.92 Å². The van der Waals surface area contributed by atoms with E-state index in [-0.39, 0.29) is 18.4 Å². The summed E-state index contributed by atoms with van der Waals surface area (Å²) in [5.74, 6) is 0.444. The van der Waals surface area contributed by atoms with E-state index in [9.17, 15) is 4.79 Å². The summed E-state index contributed by atoms with van der Waals surface area (Å²) in [5.41, 5.74) is 8.32. The molecule has 0 fully saturated rings. The molecule has 2 heterocycles. The Morgan fingerprint density at radius 3 is 2.67 bits per heavy atom. The number of rotatable bonds is 5. The second kappa shape index (κ2) is 6.49. The van der Waals surface area contributed by atoms with Crippen LogP contribution in [0.15, 0.2) is 30.3 Å². The van der Waals surface area contributed by atoms with Crippen molar-refractivity contribution in [3.05, 3.63) is 41.6 Å². The predicted octanol–water partition coefficient (Wildman–Crippen LogP) is 0.951. The highest BCUT2D eigenvalue weighted by molar-refractivity contribution is 5.91. The second-order valence-electron chi connectivity index (χ2n) is 5.26. The molecule has 0 radical (unpaired) electrons. The van der Waals surface area contributed by atoms with E-state index >= 15 is 0 Å². The molecule has 0 aliphatic rings. The zero-order valence-corrected chi connectivity index (χ0v) is 13.5. The third-order valence-electron chi connectivity index (χ3n) is 3.67. The Balaban J connectivity index is 1.90. The van der Waals surface area contributed by atoms with E-state index < -0.39 is 0 Å². The number of amides is 1. The predicted molar refractivity (Wildman–Crippen MR) is 88.5 cm³/mol. The van der Waals surface area contributed by atoms with Crippen LogP contribution < -0.4 is 11.1 Å². The number of anilines is 2. The van der Waals surface area contributed by atoms with Gasteiger partial charge in [0, 0.05) is 5.56 Å². The summed E-state index contributed by atoms with van der Waals surface area (Å²) in [5, 5.41) is 18.1. The molecule has 2 aromatic heterocycles. The van der Waals surface area contributed by atoms with Gasteiger partial charge in [0.2, 0.25) is 11.9 Å². The number of hydrogen-bond acceptors (Lipinski definition) is 6. The van der Waals surface area contributed by atoms with Crippen LogP contribution in [0.3, 0.4) is 0 Å². The largest absolute Gasteiger partial charge is 0.367 e. The quantitative estimate of drug-likeness (QED) is 0.721. The lowest BCUT2D eigenvalue weighted by Crippen LogP contribution is -2.22. The summed E-state index contributed by atoms with van der Waals surface area (Å²) >= 11 is 0. The number of carbonyl (C=O) groups excluding carboxylic acids is 1. The molecule has 24 heavy (non-hydrogen) atoms. The SMILES string of the molecule is CCc1nn(-c2ccccc2)c(NC(=O)Cn2nnnc2N)c1C. The van der Waals surface area contributed by atoms with Crippen molar-refractivity contribution >= 4 is 17.7 Å². The van der Waals surface area contributed by atoms with E-state index in [2.05, 4.69) is 25.9 Å². The summed E-state index contributed by atoms with van der Waals surface area (Å²) in [4.78, 5) is 12.3. The molecule has 3 aromatic rings. The summed E-state index contributed by atoms with van der Waals surface area (Å²) in [7, 11) is 0. The minimum atomic E-state index is -0.281. The van der Waals surface area contributed by atoms with Crippen LogP contribution in [-0.4, -0.2) is 35.9 Å². The lowest BCUT2D eigenvalue weighted by Gasteiger charge is -2.10. The number of para-hydroxylation sites is 1. The van der Waals surface area contributed by atoms with Crippen LogP contribution in [0.1, 0.15) is 18.2 Å². The summed E-state index contributed by atoms with van der Waals surface area (Å²) in [6, 6.07) is 9.64. The lowest BCUT2D eigenvalue weighted by molar-refractivity contribution is -0.116. The Morgan fingerprint density at radius 1 is 1.29 bits per heavy atom. The van der Waals surface area contributed by atoms with Crippen molar-refractivity contribution in [2.45, 2.75) is 26.8 Å². The Labute approximate surface area is 138 Å². The van der Waals surface area contributed by atoms with Gasteiger partial charge in [-0.3, -0.25) is 4.79 Å². The first-order chi connectivity index (χ1) is 11.6. The molecule has 3 N–H and O–H groups in total. The Morgan fingerprint density at radius 2 is 2.04 bits per heavy atom. The molecular weight excluding hydrogens is 308 g/mol. The minimum Gasteiger partial charge on any atom is -0.367 e. The monoisotopic (exact) mass is 326 g/mol. The third kappa shape index (κ3) is 2.96. The number of nitrogen functional groups attached to an aromatic ring is 1. The van der Waals surface area contributed by atoms with Crippen LogP contribution in [0.5, 0.6) is 0 Å². The minimum absolute atomic E-state index is 0.0697. The average molecular weight is 326 g/mol. The number of nitrogens with zero attached hydrogens (tertiary/aromatic N) is 6. The highest BCUT2D eigenvalue weighted by atomic mass is 16.2. The number of nitrogens with one attached hydrogen (secondary N) is 1. The van der Waals surface area contributed by atoms with Gasteiger partial charge in [-0.2, -0.15) is 5.10 Å².